The predicted octanol–water partition coefficient (Wildman–Crippen LogP) is 3.07. The van der Waals surface area contributed by atoms with Crippen LogP contribution in [0.25, 0.3) is 0 Å². The Hall–Kier alpha value is -2.85. The molecule has 0 radical (unpaired) electrons. The summed E-state index contributed by atoms with van der Waals surface area (Å²) in [5.41, 5.74) is 2.42. The van der Waals surface area contributed by atoms with Crippen molar-refractivity contribution in [2.75, 3.05) is 6.54 Å². The van der Waals surface area contributed by atoms with Crippen LogP contribution in [0.3, 0.4) is 0 Å². The molecule has 0 bridgehead atoms. The minimum absolute atomic E-state index is 0.0217. The molecule has 0 spiro atoms. The van der Waals surface area contributed by atoms with Crippen LogP contribution in [0.15, 0.2) is 83.5 Å². The fourth-order valence-corrected chi connectivity index (χ4v) is 3.20. The topological polar surface area (TPSA) is 58.9 Å². The van der Waals surface area contributed by atoms with Crippen LogP contribution >= 0.6 is 0 Å². The summed E-state index contributed by atoms with van der Waals surface area (Å²) in [7, 11) is 0. The quantitative estimate of drug-likeness (QED) is 0.614. The fourth-order valence-electron chi connectivity index (χ4n) is 3.20. The first-order chi connectivity index (χ1) is 13.2. The molecule has 0 fully saturated rings. The third kappa shape index (κ3) is 5.83. The third-order valence-electron chi connectivity index (χ3n) is 4.66. The van der Waals surface area contributed by atoms with Gasteiger partial charge in [-0.15, -0.1) is 0 Å². The Labute approximate surface area is 160 Å². The van der Waals surface area contributed by atoms with Crippen molar-refractivity contribution in [3.05, 3.63) is 95.9 Å². The monoisotopic (exact) mass is 363 g/mol. The Kier molecular flexibility index (Phi) is 6.83. The van der Waals surface area contributed by atoms with E-state index < -0.39 is 0 Å². The number of benzene rings is 2. The summed E-state index contributed by atoms with van der Waals surface area (Å²) in [6.45, 7) is 2.41. The van der Waals surface area contributed by atoms with Gasteiger partial charge in [0, 0.05) is 11.6 Å². The highest BCUT2D eigenvalue weighted by molar-refractivity contribution is 5.77. The van der Waals surface area contributed by atoms with E-state index in [4.69, 9.17) is 4.42 Å². The number of furan rings is 1. The van der Waals surface area contributed by atoms with Gasteiger partial charge in [-0.3, -0.25) is 4.79 Å². The smallest absolute Gasteiger partial charge is 0.275 e. The standard InChI is InChI=1S/C23H26N2O2/c1-18(14-15-19-9-4-2-5-10-19)25-22(26)17-24-23(21-13-8-16-27-21)20-11-6-3-7-12-20/h2-13,16,18,23-24H,14-15,17H2,1H3,(H,25,26)/p+1/t18-,23+/m1/s1. The van der Waals surface area contributed by atoms with E-state index in [0.717, 1.165) is 24.2 Å². The zero-order valence-corrected chi connectivity index (χ0v) is 15.7. The Morgan fingerprint density at radius 1 is 1.00 bits per heavy atom. The number of amides is 1. The van der Waals surface area contributed by atoms with Crippen molar-refractivity contribution in [3.63, 3.8) is 0 Å². The average molecular weight is 363 g/mol. The van der Waals surface area contributed by atoms with Gasteiger partial charge in [-0.2, -0.15) is 0 Å². The second-order valence-corrected chi connectivity index (χ2v) is 6.84. The first-order valence-corrected chi connectivity index (χ1v) is 9.47. The molecular formula is C23H27N2O2+. The van der Waals surface area contributed by atoms with Gasteiger partial charge in [-0.05, 0) is 37.5 Å². The summed E-state index contributed by atoms with van der Waals surface area (Å²) in [4.78, 5) is 12.4. The van der Waals surface area contributed by atoms with Crippen LogP contribution < -0.4 is 10.6 Å². The second-order valence-electron chi connectivity index (χ2n) is 6.84. The maximum atomic E-state index is 12.4. The molecule has 0 saturated heterocycles. The SMILES string of the molecule is C[C@H](CCc1ccccc1)NC(=O)C[NH2+][C@@H](c1ccccc1)c1ccco1. The van der Waals surface area contributed by atoms with Crippen LogP contribution in [-0.2, 0) is 11.2 Å². The van der Waals surface area contributed by atoms with Gasteiger partial charge in [0.25, 0.3) is 5.91 Å². The molecule has 3 aromatic rings. The van der Waals surface area contributed by atoms with E-state index >= 15 is 0 Å². The van der Waals surface area contributed by atoms with Crippen LogP contribution in [0, 0.1) is 0 Å². The molecule has 4 nitrogen and oxygen atoms in total. The van der Waals surface area contributed by atoms with E-state index in [2.05, 4.69) is 36.5 Å². The summed E-state index contributed by atoms with van der Waals surface area (Å²) in [6, 6.07) is 24.4. The highest BCUT2D eigenvalue weighted by atomic mass is 16.3. The lowest BCUT2D eigenvalue weighted by atomic mass is 10.0. The minimum atomic E-state index is -0.0217. The number of nitrogens with two attached hydrogens (primary N) is 1. The van der Waals surface area contributed by atoms with E-state index in [1.54, 1.807) is 6.26 Å². The first kappa shape index (κ1) is 18.9. The number of hydrogen-bond acceptors (Lipinski definition) is 2. The number of rotatable bonds is 9. The van der Waals surface area contributed by atoms with Gasteiger partial charge in [0.15, 0.2) is 18.3 Å². The zero-order chi connectivity index (χ0) is 18.9. The molecule has 27 heavy (non-hydrogen) atoms. The molecule has 2 aromatic carbocycles. The van der Waals surface area contributed by atoms with Crippen molar-refractivity contribution in [3.8, 4) is 0 Å². The van der Waals surface area contributed by atoms with Gasteiger partial charge in [0.1, 0.15) is 0 Å². The fraction of sp³-hybridized carbons (Fsp3) is 0.261. The molecular weight excluding hydrogens is 336 g/mol. The van der Waals surface area contributed by atoms with E-state index in [1.807, 2.05) is 53.8 Å². The van der Waals surface area contributed by atoms with Crippen LogP contribution in [0.4, 0.5) is 0 Å². The largest absolute Gasteiger partial charge is 0.463 e. The Morgan fingerprint density at radius 3 is 2.37 bits per heavy atom. The minimum Gasteiger partial charge on any atom is -0.463 e. The molecule has 3 rings (SSSR count). The normalized spacial score (nSPS) is 13.1. The van der Waals surface area contributed by atoms with Crippen LogP contribution in [0.5, 0.6) is 0 Å². The van der Waals surface area contributed by atoms with E-state index in [1.165, 1.54) is 5.56 Å². The molecule has 0 aliphatic rings. The van der Waals surface area contributed by atoms with Gasteiger partial charge in [-0.25, -0.2) is 0 Å². The highest BCUT2D eigenvalue weighted by Gasteiger charge is 2.21. The number of nitrogens with one attached hydrogen (secondary N) is 1. The van der Waals surface area contributed by atoms with Crippen molar-refractivity contribution in [2.45, 2.75) is 31.8 Å². The maximum Gasteiger partial charge on any atom is 0.275 e. The molecule has 140 valence electrons. The van der Waals surface area contributed by atoms with E-state index in [9.17, 15) is 4.79 Å². The van der Waals surface area contributed by atoms with Crippen molar-refractivity contribution in [2.24, 2.45) is 0 Å². The van der Waals surface area contributed by atoms with Gasteiger partial charge < -0.3 is 15.1 Å². The summed E-state index contributed by atoms with van der Waals surface area (Å²) in [5.74, 6) is 0.897. The number of carbonyl (C=O) groups excluding carboxylic acids is 1. The number of aryl methyl sites for hydroxylation is 1. The lowest BCUT2D eigenvalue weighted by molar-refractivity contribution is -0.678. The Balaban J connectivity index is 1.50. The summed E-state index contributed by atoms with van der Waals surface area (Å²) < 4.78 is 5.59. The molecule has 2 atom stereocenters. The summed E-state index contributed by atoms with van der Waals surface area (Å²) in [6.07, 6.45) is 3.56. The van der Waals surface area contributed by atoms with Crippen molar-refractivity contribution in [1.82, 2.24) is 5.32 Å². The van der Waals surface area contributed by atoms with Gasteiger partial charge >= 0.3 is 0 Å². The Morgan fingerprint density at radius 2 is 1.70 bits per heavy atom. The van der Waals surface area contributed by atoms with Crippen LogP contribution in [0.2, 0.25) is 0 Å². The first-order valence-electron chi connectivity index (χ1n) is 9.47. The molecule has 0 aliphatic carbocycles. The number of quaternary nitrogens is 1. The van der Waals surface area contributed by atoms with Crippen LogP contribution in [0.1, 0.15) is 36.3 Å². The Bertz CT molecular complexity index is 801. The molecule has 4 heteroatoms. The molecule has 1 heterocycles. The third-order valence-corrected chi connectivity index (χ3v) is 4.66. The average Bonchev–Trinajstić information content (AvgIpc) is 3.23. The van der Waals surface area contributed by atoms with Crippen LogP contribution in [-0.4, -0.2) is 18.5 Å². The molecule has 3 N–H and O–H groups in total. The van der Waals surface area contributed by atoms with Gasteiger partial charge in [0.05, 0.1) is 6.26 Å². The highest BCUT2D eigenvalue weighted by Crippen LogP contribution is 2.18. The van der Waals surface area contributed by atoms with E-state index in [0.29, 0.717) is 6.54 Å². The van der Waals surface area contributed by atoms with Crippen molar-refractivity contribution >= 4 is 5.91 Å². The molecule has 0 unspecified atom stereocenters. The second kappa shape index (κ2) is 9.74. The zero-order valence-electron chi connectivity index (χ0n) is 15.7. The lowest BCUT2D eigenvalue weighted by Crippen LogP contribution is -2.87. The number of hydrogen-bond donors (Lipinski definition) is 2. The van der Waals surface area contributed by atoms with E-state index in [-0.39, 0.29) is 18.0 Å². The van der Waals surface area contributed by atoms with Crippen molar-refractivity contribution < 1.29 is 14.5 Å². The molecule has 0 aliphatic heterocycles. The lowest BCUT2D eigenvalue weighted by Gasteiger charge is -2.16. The summed E-state index contributed by atoms with van der Waals surface area (Å²) >= 11 is 0. The predicted molar refractivity (Wildman–Crippen MR) is 106 cm³/mol. The molecule has 1 amide bonds. The van der Waals surface area contributed by atoms with Gasteiger partial charge in [-0.1, -0.05) is 60.7 Å². The van der Waals surface area contributed by atoms with Crippen molar-refractivity contribution in [1.29, 1.82) is 0 Å². The molecule has 0 saturated carbocycles. The summed E-state index contributed by atoms with van der Waals surface area (Å²) in [5, 5.41) is 5.12. The maximum absolute atomic E-state index is 12.4. The number of carbonyl (C=O) groups is 1. The van der Waals surface area contributed by atoms with Gasteiger partial charge in [0.2, 0.25) is 0 Å². The molecule has 1 aromatic heterocycles.